The summed E-state index contributed by atoms with van der Waals surface area (Å²) in [6, 6.07) is 3.59. The van der Waals surface area contributed by atoms with Gasteiger partial charge in [-0.1, -0.05) is 26.2 Å². The summed E-state index contributed by atoms with van der Waals surface area (Å²) in [4.78, 5) is 0. The van der Waals surface area contributed by atoms with E-state index in [1.54, 1.807) is 0 Å². The van der Waals surface area contributed by atoms with Gasteiger partial charge < -0.3 is 5.73 Å². The summed E-state index contributed by atoms with van der Waals surface area (Å²) in [7, 11) is 0. The van der Waals surface area contributed by atoms with Crippen LogP contribution in [0.3, 0.4) is 0 Å². The summed E-state index contributed by atoms with van der Waals surface area (Å²) in [5.41, 5.74) is 6.01. The molecule has 100 valence electrons. The molecule has 1 aliphatic carbocycles. The number of hydrogen-bond donors (Lipinski definition) is 1. The van der Waals surface area contributed by atoms with Crippen LogP contribution in [-0.4, -0.2) is 0 Å². The average molecular weight is 253 g/mol. The second-order valence-corrected chi connectivity index (χ2v) is 5.49. The summed E-state index contributed by atoms with van der Waals surface area (Å²) in [5.74, 6) is -0.117. The fourth-order valence-corrected chi connectivity index (χ4v) is 2.99. The summed E-state index contributed by atoms with van der Waals surface area (Å²) >= 11 is 0. The van der Waals surface area contributed by atoms with Crippen LogP contribution in [0, 0.1) is 17.6 Å². The van der Waals surface area contributed by atoms with Crippen LogP contribution in [0.15, 0.2) is 18.2 Å². The van der Waals surface area contributed by atoms with Crippen molar-refractivity contribution < 1.29 is 8.78 Å². The van der Waals surface area contributed by atoms with Crippen molar-refractivity contribution in [1.82, 2.24) is 0 Å². The van der Waals surface area contributed by atoms with Crippen molar-refractivity contribution in [2.24, 2.45) is 11.7 Å². The molecule has 18 heavy (non-hydrogen) atoms. The molecule has 0 bridgehead atoms. The summed E-state index contributed by atoms with van der Waals surface area (Å²) in [6.07, 6.45) is 5.76. The lowest BCUT2D eigenvalue weighted by molar-refractivity contribution is 0.355. The lowest BCUT2D eigenvalue weighted by atomic mass is 9.83. The van der Waals surface area contributed by atoms with E-state index < -0.39 is 11.4 Å². The van der Waals surface area contributed by atoms with Crippen molar-refractivity contribution in [1.29, 1.82) is 0 Å². The number of hydrogen-bond acceptors (Lipinski definition) is 1. The maximum atomic E-state index is 13.9. The quantitative estimate of drug-likeness (QED) is 0.789. The molecule has 1 fully saturated rings. The molecule has 1 nitrogen and oxygen atoms in total. The predicted octanol–water partition coefficient (Wildman–Crippen LogP) is 4.11. The van der Waals surface area contributed by atoms with Gasteiger partial charge >= 0.3 is 0 Å². The smallest absolute Gasteiger partial charge is 0.128 e. The molecular weight excluding hydrogens is 232 g/mol. The second-order valence-electron chi connectivity index (χ2n) is 5.49. The lowest BCUT2D eigenvalue weighted by Crippen LogP contribution is -2.37. The Morgan fingerprint density at radius 3 is 2.78 bits per heavy atom. The molecule has 0 radical (unpaired) electrons. The Morgan fingerprint density at radius 1 is 1.28 bits per heavy atom. The molecule has 0 aromatic heterocycles. The fraction of sp³-hybridized carbons (Fsp3) is 0.600. The topological polar surface area (TPSA) is 26.0 Å². The Balaban J connectivity index is 2.27. The molecule has 2 atom stereocenters. The van der Waals surface area contributed by atoms with Crippen molar-refractivity contribution >= 4 is 0 Å². The van der Waals surface area contributed by atoms with Gasteiger partial charge in [0.05, 0.1) is 0 Å². The van der Waals surface area contributed by atoms with E-state index in [-0.39, 0.29) is 5.82 Å². The van der Waals surface area contributed by atoms with Gasteiger partial charge in [-0.15, -0.1) is 0 Å². The lowest BCUT2D eigenvalue weighted by Gasteiger charge is -2.29. The van der Waals surface area contributed by atoms with Gasteiger partial charge in [-0.25, -0.2) is 8.78 Å². The highest BCUT2D eigenvalue weighted by Crippen LogP contribution is 2.38. The maximum Gasteiger partial charge on any atom is 0.128 e. The Labute approximate surface area is 107 Å². The first-order valence-electron chi connectivity index (χ1n) is 6.79. The van der Waals surface area contributed by atoms with E-state index in [0.717, 1.165) is 44.6 Å². The van der Waals surface area contributed by atoms with Crippen LogP contribution in [0.4, 0.5) is 8.78 Å². The highest BCUT2D eigenvalue weighted by Gasteiger charge is 2.33. The number of benzene rings is 1. The fourth-order valence-electron chi connectivity index (χ4n) is 2.99. The molecular formula is C15H21F2N. The molecule has 0 heterocycles. The molecule has 2 rings (SSSR count). The first-order valence-corrected chi connectivity index (χ1v) is 6.79. The van der Waals surface area contributed by atoms with Crippen LogP contribution < -0.4 is 5.73 Å². The minimum absolute atomic E-state index is 0.347. The minimum Gasteiger partial charge on any atom is -0.321 e. The normalized spacial score (nSPS) is 29.0. The van der Waals surface area contributed by atoms with Gasteiger partial charge in [0.2, 0.25) is 0 Å². The van der Waals surface area contributed by atoms with Crippen molar-refractivity contribution in [2.75, 3.05) is 0 Å². The first-order chi connectivity index (χ1) is 8.55. The highest BCUT2D eigenvalue weighted by molar-refractivity contribution is 5.27. The largest absolute Gasteiger partial charge is 0.321 e. The van der Waals surface area contributed by atoms with Crippen LogP contribution in [0.5, 0.6) is 0 Å². The van der Waals surface area contributed by atoms with E-state index in [0.29, 0.717) is 11.5 Å². The SMILES string of the molecule is CCC1CCCC(N)(c2cc(F)ccc2F)CC1. The standard InChI is InChI=1S/C15H21F2N/c1-2-11-4-3-8-15(18,9-7-11)13-10-12(16)5-6-14(13)17/h5-6,10-11H,2-4,7-9,18H2,1H3. The second kappa shape index (κ2) is 5.35. The van der Waals surface area contributed by atoms with Gasteiger partial charge in [0, 0.05) is 11.1 Å². The van der Waals surface area contributed by atoms with Crippen LogP contribution >= 0.6 is 0 Å². The van der Waals surface area contributed by atoms with E-state index >= 15 is 0 Å². The average Bonchev–Trinajstić information content (AvgIpc) is 2.55. The van der Waals surface area contributed by atoms with Crippen molar-refractivity contribution in [3.63, 3.8) is 0 Å². The van der Waals surface area contributed by atoms with E-state index in [9.17, 15) is 8.78 Å². The molecule has 0 amide bonds. The zero-order chi connectivity index (χ0) is 13.2. The summed E-state index contributed by atoms with van der Waals surface area (Å²) in [6.45, 7) is 2.18. The highest BCUT2D eigenvalue weighted by atomic mass is 19.1. The molecule has 1 aromatic carbocycles. The van der Waals surface area contributed by atoms with Gasteiger partial charge in [0.25, 0.3) is 0 Å². The third kappa shape index (κ3) is 2.72. The third-order valence-electron chi connectivity index (χ3n) is 4.28. The zero-order valence-corrected chi connectivity index (χ0v) is 10.9. The molecule has 2 unspecified atom stereocenters. The van der Waals surface area contributed by atoms with E-state index in [1.165, 1.54) is 12.1 Å². The summed E-state index contributed by atoms with van der Waals surface area (Å²) in [5, 5.41) is 0. The molecule has 1 aromatic rings. The molecule has 3 heteroatoms. The van der Waals surface area contributed by atoms with Crippen LogP contribution in [0.2, 0.25) is 0 Å². The van der Waals surface area contributed by atoms with Gasteiger partial charge in [-0.05, 0) is 43.4 Å². The Kier molecular flexibility index (Phi) is 4.00. The molecule has 0 saturated heterocycles. The number of halogens is 2. The van der Waals surface area contributed by atoms with Gasteiger partial charge in [-0.2, -0.15) is 0 Å². The van der Waals surface area contributed by atoms with Crippen molar-refractivity contribution in [3.05, 3.63) is 35.4 Å². The van der Waals surface area contributed by atoms with E-state index in [4.69, 9.17) is 5.73 Å². The molecule has 1 saturated carbocycles. The number of nitrogens with two attached hydrogens (primary N) is 1. The third-order valence-corrected chi connectivity index (χ3v) is 4.28. The molecule has 0 spiro atoms. The van der Waals surface area contributed by atoms with Crippen LogP contribution in [-0.2, 0) is 5.54 Å². The van der Waals surface area contributed by atoms with Gasteiger partial charge in [-0.3, -0.25) is 0 Å². The maximum absolute atomic E-state index is 13.9. The Morgan fingerprint density at radius 2 is 2.06 bits per heavy atom. The first kappa shape index (κ1) is 13.5. The van der Waals surface area contributed by atoms with E-state index in [2.05, 4.69) is 6.92 Å². The summed E-state index contributed by atoms with van der Waals surface area (Å²) < 4.78 is 27.2. The minimum atomic E-state index is -0.698. The van der Waals surface area contributed by atoms with Crippen molar-refractivity contribution in [3.8, 4) is 0 Å². The predicted molar refractivity (Wildman–Crippen MR) is 69.1 cm³/mol. The monoisotopic (exact) mass is 253 g/mol. The van der Waals surface area contributed by atoms with Crippen molar-refractivity contribution in [2.45, 2.75) is 51.0 Å². The van der Waals surface area contributed by atoms with Gasteiger partial charge in [0.15, 0.2) is 0 Å². The van der Waals surface area contributed by atoms with Crippen LogP contribution in [0.25, 0.3) is 0 Å². The molecule has 1 aliphatic rings. The van der Waals surface area contributed by atoms with E-state index in [1.807, 2.05) is 0 Å². The molecule has 0 aliphatic heterocycles. The number of rotatable bonds is 2. The zero-order valence-electron chi connectivity index (χ0n) is 10.9. The van der Waals surface area contributed by atoms with Crippen LogP contribution in [0.1, 0.15) is 51.0 Å². The Bertz CT molecular complexity index is 419. The Hall–Kier alpha value is -0.960. The van der Waals surface area contributed by atoms with Gasteiger partial charge in [0.1, 0.15) is 11.6 Å². The molecule has 2 N–H and O–H groups in total.